The molecule has 2 aromatic carbocycles. The minimum absolute atomic E-state index is 0.0447. The van der Waals surface area contributed by atoms with E-state index in [4.69, 9.17) is 5.73 Å². The van der Waals surface area contributed by atoms with Gasteiger partial charge in [0.25, 0.3) is 0 Å². The predicted octanol–water partition coefficient (Wildman–Crippen LogP) is 3.36. The highest BCUT2D eigenvalue weighted by molar-refractivity contribution is 6.09. The van der Waals surface area contributed by atoms with Crippen molar-refractivity contribution >= 4 is 39.6 Å². The molecule has 0 fully saturated rings. The number of rotatable bonds is 12. The van der Waals surface area contributed by atoms with Crippen molar-refractivity contribution in [3.8, 4) is 0 Å². The van der Waals surface area contributed by atoms with E-state index in [-0.39, 0.29) is 24.5 Å². The first-order valence-corrected chi connectivity index (χ1v) is 12.8. The van der Waals surface area contributed by atoms with Gasteiger partial charge in [-0.1, -0.05) is 55.8 Å². The molecule has 0 saturated carbocycles. The van der Waals surface area contributed by atoms with E-state index >= 15 is 0 Å². The molecule has 1 atom stereocenters. The number of nitrogen functional groups attached to an aromatic ring is 1. The number of nitrogens with two attached hydrogens (primary N) is 1. The molecule has 0 unspecified atom stereocenters. The standard InChI is InChI=1S/C28H37N7O2/c1-4-8-21(13-14-36)31-27-26-25(32-28(29)33-27)22-11-5-6-12-23(22)35(26)18-20-10-7-9-19(15-20)16-30-17-24(37)34(2)3/h5-7,9-12,15,21,30,36H,4,8,13-14,16-18H2,1-3H3,(H3,29,31,32,33)/t21-/m0/s1. The Kier molecular flexibility index (Phi) is 8.58. The largest absolute Gasteiger partial charge is 0.396 e. The van der Waals surface area contributed by atoms with Gasteiger partial charge in [0.15, 0.2) is 5.82 Å². The van der Waals surface area contributed by atoms with Gasteiger partial charge in [0.05, 0.1) is 12.1 Å². The molecular formula is C28H37N7O2. The summed E-state index contributed by atoms with van der Waals surface area (Å²) in [5, 5.41) is 17.4. The maximum Gasteiger partial charge on any atom is 0.236 e. The van der Waals surface area contributed by atoms with Crippen LogP contribution in [0.1, 0.15) is 37.3 Å². The van der Waals surface area contributed by atoms with E-state index in [9.17, 15) is 9.90 Å². The Morgan fingerprint density at radius 3 is 2.65 bits per heavy atom. The van der Waals surface area contributed by atoms with Crippen LogP contribution in [0.4, 0.5) is 11.8 Å². The van der Waals surface area contributed by atoms with E-state index in [0.717, 1.165) is 45.9 Å². The zero-order valence-corrected chi connectivity index (χ0v) is 21.9. The molecule has 0 aliphatic carbocycles. The number of aliphatic hydroxyl groups is 1. The lowest BCUT2D eigenvalue weighted by Crippen LogP contribution is -2.32. The van der Waals surface area contributed by atoms with Gasteiger partial charge in [-0.25, -0.2) is 4.98 Å². The number of aromatic nitrogens is 3. The number of aliphatic hydroxyl groups excluding tert-OH is 1. The lowest BCUT2D eigenvalue weighted by Gasteiger charge is -2.19. The predicted molar refractivity (Wildman–Crippen MR) is 149 cm³/mol. The third-order valence-electron chi connectivity index (χ3n) is 6.51. The quantitative estimate of drug-likeness (QED) is 0.234. The zero-order chi connectivity index (χ0) is 26.4. The summed E-state index contributed by atoms with van der Waals surface area (Å²) in [4.78, 5) is 22.7. The Bertz CT molecular complexity index is 1360. The first-order chi connectivity index (χ1) is 17.9. The van der Waals surface area contributed by atoms with Crippen LogP contribution in [-0.4, -0.2) is 63.7 Å². The number of anilines is 2. The van der Waals surface area contributed by atoms with Gasteiger partial charge in [-0.15, -0.1) is 0 Å². The zero-order valence-electron chi connectivity index (χ0n) is 21.9. The Morgan fingerprint density at radius 2 is 1.89 bits per heavy atom. The van der Waals surface area contributed by atoms with Crippen LogP contribution in [0.25, 0.3) is 21.9 Å². The monoisotopic (exact) mass is 503 g/mol. The van der Waals surface area contributed by atoms with Crippen LogP contribution in [0.2, 0.25) is 0 Å². The van der Waals surface area contributed by atoms with Gasteiger partial charge in [0.2, 0.25) is 11.9 Å². The highest BCUT2D eigenvalue weighted by Gasteiger charge is 2.20. The number of likely N-dealkylation sites (N-methyl/N-ethyl adjacent to an activating group) is 1. The molecule has 0 spiro atoms. The molecule has 9 heteroatoms. The summed E-state index contributed by atoms with van der Waals surface area (Å²) in [6, 6.07) is 16.6. The third-order valence-corrected chi connectivity index (χ3v) is 6.51. The van der Waals surface area contributed by atoms with Gasteiger partial charge in [-0.2, -0.15) is 4.98 Å². The number of carbonyl (C=O) groups excluding carboxylic acids is 1. The minimum atomic E-state index is 0.0447. The van der Waals surface area contributed by atoms with Gasteiger partial charge in [0.1, 0.15) is 11.0 Å². The molecular weight excluding hydrogens is 466 g/mol. The lowest BCUT2D eigenvalue weighted by atomic mass is 10.1. The summed E-state index contributed by atoms with van der Waals surface area (Å²) in [6.07, 6.45) is 2.54. The van der Waals surface area contributed by atoms with Gasteiger partial charge in [-0.3, -0.25) is 4.79 Å². The SMILES string of the molecule is CCC[C@@H](CCO)Nc1nc(N)nc2c3ccccc3n(Cc3cccc(CNCC(=O)N(C)C)c3)c12. The normalized spacial score (nSPS) is 12.2. The van der Waals surface area contributed by atoms with Crippen molar-refractivity contribution < 1.29 is 9.90 Å². The second-order valence-electron chi connectivity index (χ2n) is 9.58. The third kappa shape index (κ3) is 6.18. The van der Waals surface area contributed by atoms with Crippen molar-refractivity contribution in [1.29, 1.82) is 0 Å². The number of hydrogen-bond donors (Lipinski definition) is 4. The molecule has 9 nitrogen and oxygen atoms in total. The summed E-state index contributed by atoms with van der Waals surface area (Å²) in [5.74, 6) is 0.950. The summed E-state index contributed by atoms with van der Waals surface area (Å²) >= 11 is 0. The fraction of sp³-hybridized carbons (Fsp3) is 0.393. The first kappa shape index (κ1) is 26.4. The van der Waals surface area contributed by atoms with Crippen molar-refractivity contribution in [2.24, 2.45) is 0 Å². The Morgan fingerprint density at radius 1 is 1.11 bits per heavy atom. The van der Waals surface area contributed by atoms with E-state index in [1.54, 1.807) is 19.0 Å². The Labute approximate surface area is 217 Å². The van der Waals surface area contributed by atoms with Crippen LogP contribution in [0.5, 0.6) is 0 Å². The van der Waals surface area contributed by atoms with Crippen LogP contribution < -0.4 is 16.4 Å². The molecule has 0 aliphatic heterocycles. The van der Waals surface area contributed by atoms with Crippen LogP contribution in [0, 0.1) is 0 Å². The van der Waals surface area contributed by atoms with Crippen molar-refractivity contribution in [2.45, 2.75) is 45.3 Å². The number of nitrogens with one attached hydrogen (secondary N) is 2. The van der Waals surface area contributed by atoms with E-state index in [0.29, 0.717) is 31.9 Å². The number of hydrogen-bond acceptors (Lipinski definition) is 7. The molecule has 5 N–H and O–H groups in total. The molecule has 1 amide bonds. The number of benzene rings is 2. The second-order valence-corrected chi connectivity index (χ2v) is 9.58. The minimum Gasteiger partial charge on any atom is -0.396 e. The summed E-state index contributed by atoms with van der Waals surface area (Å²) in [5.41, 5.74) is 11.1. The number of fused-ring (bicyclic) bond motifs is 3. The molecule has 2 aromatic heterocycles. The highest BCUT2D eigenvalue weighted by atomic mass is 16.3. The Balaban J connectivity index is 1.71. The topological polar surface area (TPSA) is 121 Å². The number of amides is 1. The van der Waals surface area contributed by atoms with Gasteiger partial charge < -0.3 is 30.9 Å². The van der Waals surface area contributed by atoms with Crippen LogP contribution >= 0.6 is 0 Å². The van der Waals surface area contributed by atoms with Crippen LogP contribution in [0.15, 0.2) is 48.5 Å². The smallest absolute Gasteiger partial charge is 0.236 e. The summed E-state index contributed by atoms with van der Waals surface area (Å²) in [6.45, 7) is 3.75. The van der Waals surface area contributed by atoms with Crippen molar-refractivity contribution in [3.05, 3.63) is 59.7 Å². The maximum atomic E-state index is 11.9. The van der Waals surface area contributed by atoms with Gasteiger partial charge in [0, 0.05) is 45.2 Å². The van der Waals surface area contributed by atoms with Crippen LogP contribution in [0.3, 0.4) is 0 Å². The average molecular weight is 504 g/mol. The number of carbonyl (C=O) groups is 1. The molecule has 4 aromatic rings. The van der Waals surface area contributed by atoms with Gasteiger partial charge >= 0.3 is 0 Å². The van der Waals surface area contributed by atoms with Crippen molar-refractivity contribution in [3.63, 3.8) is 0 Å². The molecule has 196 valence electrons. The Hall–Kier alpha value is -3.69. The number of nitrogens with zero attached hydrogens (tertiary/aromatic N) is 4. The maximum absolute atomic E-state index is 11.9. The molecule has 0 aliphatic rings. The van der Waals surface area contributed by atoms with E-state index in [1.165, 1.54) is 0 Å². The van der Waals surface area contributed by atoms with Crippen LogP contribution in [-0.2, 0) is 17.9 Å². The molecule has 0 saturated heterocycles. The molecule has 37 heavy (non-hydrogen) atoms. The molecule has 2 heterocycles. The molecule has 0 bridgehead atoms. The first-order valence-electron chi connectivity index (χ1n) is 12.8. The molecule has 4 rings (SSSR count). The summed E-state index contributed by atoms with van der Waals surface area (Å²) < 4.78 is 2.23. The fourth-order valence-corrected chi connectivity index (χ4v) is 4.69. The second kappa shape index (κ2) is 12.0. The van der Waals surface area contributed by atoms with Crippen molar-refractivity contribution in [1.82, 2.24) is 24.8 Å². The van der Waals surface area contributed by atoms with Gasteiger partial charge in [-0.05, 0) is 30.0 Å². The number of para-hydroxylation sites is 1. The van der Waals surface area contributed by atoms with E-state index in [2.05, 4.69) is 62.4 Å². The van der Waals surface area contributed by atoms with Crippen molar-refractivity contribution in [2.75, 3.05) is 38.3 Å². The lowest BCUT2D eigenvalue weighted by molar-refractivity contribution is -0.127. The van der Waals surface area contributed by atoms with E-state index < -0.39 is 0 Å². The fourth-order valence-electron chi connectivity index (χ4n) is 4.69. The molecule has 0 radical (unpaired) electrons. The van der Waals surface area contributed by atoms with E-state index in [1.807, 2.05) is 18.2 Å². The summed E-state index contributed by atoms with van der Waals surface area (Å²) in [7, 11) is 3.51. The average Bonchev–Trinajstić information content (AvgIpc) is 3.18. The highest BCUT2D eigenvalue weighted by Crippen LogP contribution is 2.33.